The number of ether oxygens (including phenoxy) is 1. The molecule has 3 aromatic rings. The summed E-state index contributed by atoms with van der Waals surface area (Å²) >= 11 is 0. The van der Waals surface area contributed by atoms with Gasteiger partial charge in [0.1, 0.15) is 11.6 Å². The van der Waals surface area contributed by atoms with Gasteiger partial charge in [-0.25, -0.2) is 13.8 Å². The summed E-state index contributed by atoms with van der Waals surface area (Å²) in [5, 5.41) is 6.14. The van der Waals surface area contributed by atoms with Gasteiger partial charge in [-0.2, -0.15) is 4.98 Å². The maximum atomic E-state index is 13.5. The molecule has 10 heteroatoms. The van der Waals surface area contributed by atoms with Crippen molar-refractivity contribution in [3.05, 3.63) is 65.7 Å². The number of hydrogen-bond acceptors (Lipinski definition) is 5. The molecule has 3 rings (SSSR count). The highest BCUT2D eigenvalue weighted by atomic mass is 19.4. The van der Waals surface area contributed by atoms with Crippen molar-refractivity contribution >= 4 is 11.8 Å². The summed E-state index contributed by atoms with van der Waals surface area (Å²) in [6.45, 7) is 4.05. The van der Waals surface area contributed by atoms with E-state index in [2.05, 4.69) is 25.3 Å². The Kier molecular flexibility index (Phi) is 7.12. The molecule has 0 aliphatic carbocycles. The van der Waals surface area contributed by atoms with Gasteiger partial charge in [0.05, 0.1) is 5.69 Å². The quantitative estimate of drug-likeness (QED) is 0.402. The predicted octanol–water partition coefficient (Wildman–Crippen LogP) is 6.14. The highest BCUT2D eigenvalue weighted by Crippen LogP contribution is 2.29. The lowest BCUT2D eigenvalue weighted by Crippen LogP contribution is -2.17. The summed E-state index contributed by atoms with van der Waals surface area (Å²) in [5.41, 5.74) is 1.23. The first kappa shape index (κ1) is 23.2. The van der Waals surface area contributed by atoms with Crippen molar-refractivity contribution in [2.24, 2.45) is 0 Å². The molecule has 0 bridgehead atoms. The van der Waals surface area contributed by atoms with Crippen molar-refractivity contribution < 1.29 is 26.7 Å². The number of rotatable bonds is 8. The van der Waals surface area contributed by atoms with Crippen LogP contribution in [0.5, 0.6) is 5.75 Å². The normalized spacial score (nSPS) is 12.3. The molecule has 0 radical (unpaired) electrons. The fourth-order valence-corrected chi connectivity index (χ4v) is 2.77. The largest absolute Gasteiger partial charge is 0.573 e. The first-order valence-corrected chi connectivity index (χ1v) is 9.82. The van der Waals surface area contributed by atoms with Crippen LogP contribution in [0.4, 0.5) is 33.7 Å². The van der Waals surface area contributed by atoms with E-state index < -0.39 is 18.0 Å². The molecule has 2 N–H and O–H groups in total. The van der Waals surface area contributed by atoms with E-state index in [0.717, 1.165) is 18.6 Å². The third-order valence-corrected chi connectivity index (χ3v) is 4.54. The van der Waals surface area contributed by atoms with Crippen molar-refractivity contribution in [1.29, 1.82) is 0 Å². The molecule has 0 aliphatic heterocycles. The summed E-state index contributed by atoms with van der Waals surface area (Å²) in [6.07, 6.45) is -4.02. The van der Waals surface area contributed by atoms with Crippen LogP contribution in [0.15, 0.2) is 48.5 Å². The monoisotopic (exact) mass is 452 g/mol. The van der Waals surface area contributed by atoms with Crippen molar-refractivity contribution in [2.75, 3.05) is 10.6 Å². The smallest absolute Gasteiger partial charge is 0.406 e. The Labute approximate surface area is 181 Å². The lowest BCUT2D eigenvalue weighted by atomic mass is 10.1. The fourth-order valence-electron chi connectivity index (χ4n) is 2.77. The molecule has 2 aromatic carbocycles. The summed E-state index contributed by atoms with van der Waals surface area (Å²) in [4.78, 5) is 8.77. The van der Waals surface area contributed by atoms with Crippen LogP contribution in [-0.4, -0.2) is 22.4 Å². The second-order valence-electron chi connectivity index (χ2n) is 7.09. The Balaban J connectivity index is 1.90. The van der Waals surface area contributed by atoms with E-state index in [4.69, 9.17) is 0 Å². The summed E-state index contributed by atoms with van der Waals surface area (Å²) in [6, 6.07) is 10.6. The average Bonchev–Trinajstić information content (AvgIpc) is 2.73. The molecule has 0 saturated carbocycles. The molecule has 32 heavy (non-hydrogen) atoms. The van der Waals surface area contributed by atoms with E-state index >= 15 is 0 Å². The zero-order valence-corrected chi connectivity index (χ0v) is 17.3. The van der Waals surface area contributed by atoms with E-state index in [-0.39, 0.29) is 24.3 Å². The van der Waals surface area contributed by atoms with Gasteiger partial charge in [0.2, 0.25) is 5.95 Å². The topological polar surface area (TPSA) is 59.1 Å². The maximum absolute atomic E-state index is 13.5. The van der Waals surface area contributed by atoms with Crippen molar-refractivity contribution in [3.63, 3.8) is 0 Å². The lowest BCUT2D eigenvalue weighted by molar-refractivity contribution is -0.274. The lowest BCUT2D eigenvalue weighted by Gasteiger charge is -2.15. The van der Waals surface area contributed by atoms with Gasteiger partial charge in [-0.1, -0.05) is 25.1 Å². The number of anilines is 2. The van der Waals surface area contributed by atoms with E-state index in [1.54, 1.807) is 12.1 Å². The molecule has 0 amide bonds. The SMILES string of the molecule is CC[C@H](C)Nc1nc(NCc2ccc(F)c(F)c2)cc(-c2cccc(OC(F)(F)F)c2)n1. The number of halogens is 5. The minimum Gasteiger partial charge on any atom is -0.406 e. The fraction of sp³-hybridized carbons (Fsp3) is 0.273. The van der Waals surface area contributed by atoms with Crippen molar-refractivity contribution in [2.45, 2.75) is 39.2 Å². The Hall–Kier alpha value is -3.43. The molecule has 0 aliphatic rings. The van der Waals surface area contributed by atoms with E-state index in [0.29, 0.717) is 22.6 Å². The molecule has 0 unspecified atom stereocenters. The third-order valence-electron chi connectivity index (χ3n) is 4.54. The third kappa shape index (κ3) is 6.53. The van der Waals surface area contributed by atoms with Gasteiger partial charge < -0.3 is 15.4 Å². The molecule has 0 spiro atoms. The van der Waals surface area contributed by atoms with Crippen LogP contribution in [-0.2, 0) is 6.54 Å². The van der Waals surface area contributed by atoms with E-state index in [1.807, 2.05) is 13.8 Å². The van der Waals surface area contributed by atoms with Gasteiger partial charge in [0.25, 0.3) is 0 Å². The minimum atomic E-state index is -4.81. The summed E-state index contributed by atoms with van der Waals surface area (Å²) < 4.78 is 68.3. The molecular weight excluding hydrogens is 431 g/mol. The number of alkyl halides is 3. The molecule has 1 aromatic heterocycles. The van der Waals surface area contributed by atoms with Crippen LogP contribution in [0.25, 0.3) is 11.3 Å². The van der Waals surface area contributed by atoms with Crippen LogP contribution in [0.2, 0.25) is 0 Å². The number of hydrogen-bond donors (Lipinski definition) is 2. The zero-order valence-electron chi connectivity index (χ0n) is 17.3. The molecule has 1 atom stereocenters. The van der Waals surface area contributed by atoms with Crippen molar-refractivity contribution in [1.82, 2.24) is 9.97 Å². The Morgan fingerprint density at radius 1 is 1.00 bits per heavy atom. The molecule has 1 heterocycles. The van der Waals surface area contributed by atoms with Crippen LogP contribution < -0.4 is 15.4 Å². The number of aromatic nitrogens is 2. The molecular formula is C22H21F5N4O. The highest BCUT2D eigenvalue weighted by Gasteiger charge is 2.31. The number of nitrogens with zero attached hydrogens (tertiary/aromatic N) is 2. The average molecular weight is 452 g/mol. The summed E-state index contributed by atoms with van der Waals surface area (Å²) in [5.74, 6) is -1.66. The molecule has 5 nitrogen and oxygen atoms in total. The van der Waals surface area contributed by atoms with Crippen LogP contribution >= 0.6 is 0 Å². The van der Waals surface area contributed by atoms with E-state index in [1.165, 1.54) is 24.3 Å². The molecule has 0 fully saturated rings. The van der Waals surface area contributed by atoms with E-state index in [9.17, 15) is 22.0 Å². The summed E-state index contributed by atoms with van der Waals surface area (Å²) in [7, 11) is 0. The predicted molar refractivity (Wildman–Crippen MR) is 111 cm³/mol. The standard InChI is InChI=1S/C22H21F5N4O/c1-3-13(2)29-21-30-19(15-5-4-6-16(10-15)32-22(25,26)27)11-20(31-21)28-12-14-7-8-17(23)18(24)9-14/h4-11,13H,3,12H2,1-2H3,(H2,28,29,30,31)/t13-/m0/s1. The van der Waals surface area contributed by atoms with Crippen LogP contribution in [0.1, 0.15) is 25.8 Å². The second kappa shape index (κ2) is 9.80. The Morgan fingerprint density at radius 3 is 2.47 bits per heavy atom. The Bertz CT molecular complexity index is 1070. The number of nitrogens with one attached hydrogen (secondary N) is 2. The van der Waals surface area contributed by atoms with Crippen LogP contribution in [0.3, 0.4) is 0 Å². The zero-order chi connectivity index (χ0) is 23.3. The van der Waals surface area contributed by atoms with Gasteiger partial charge in [-0.15, -0.1) is 13.2 Å². The highest BCUT2D eigenvalue weighted by molar-refractivity contribution is 5.66. The maximum Gasteiger partial charge on any atom is 0.573 e. The number of benzene rings is 2. The molecule has 0 saturated heterocycles. The molecule has 170 valence electrons. The van der Waals surface area contributed by atoms with Gasteiger partial charge in [-0.3, -0.25) is 0 Å². The van der Waals surface area contributed by atoms with Gasteiger partial charge in [0, 0.05) is 24.2 Å². The van der Waals surface area contributed by atoms with Gasteiger partial charge in [0.15, 0.2) is 11.6 Å². The second-order valence-corrected chi connectivity index (χ2v) is 7.09. The van der Waals surface area contributed by atoms with Crippen molar-refractivity contribution in [3.8, 4) is 17.0 Å². The van der Waals surface area contributed by atoms with Gasteiger partial charge >= 0.3 is 6.36 Å². The minimum absolute atomic E-state index is 0.0455. The van der Waals surface area contributed by atoms with Gasteiger partial charge in [-0.05, 0) is 43.2 Å². The van der Waals surface area contributed by atoms with Crippen LogP contribution in [0, 0.1) is 11.6 Å². The first-order valence-electron chi connectivity index (χ1n) is 9.82. The first-order chi connectivity index (χ1) is 15.1. The Morgan fingerprint density at radius 2 is 1.78 bits per heavy atom.